The van der Waals surface area contributed by atoms with Gasteiger partial charge in [-0.25, -0.2) is 19.3 Å². The number of H-pyrrole nitrogens is 2. The molecule has 1 unspecified atom stereocenters. The molecule has 4 N–H and O–H groups in total. The first kappa shape index (κ1) is 22.8. The Morgan fingerprint density at radius 1 is 1.14 bits per heavy atom. The Bertz CT molecular complexity index is 1740. The van der Waals surface area contributed by atoms with E-state index in [0.717, 1.165) is 17.6 Å². The maximum atomic E-state index is 15.2. The van der Waals surface area contributed by atoms with Gasteiger partial charge in [-0.05, 0) is 43.2 Å². The molecule has 186 valence electrons. The van der Waals surface area contributed by atoms with Crippen molar-refractivity contribution < 1.29 is 9.50 Å². The van der Waals surface area contributed by atoms with E-state index in [9.17, 15) is 5.11 Å². The van der Waals surface area contributed by atoms with Gasteiger partial charge in [0.25, 0.3) is 0 Å². The Hall–Kier alpha value is -4.64. The summed E-state index contributed by atoms with van der Waals surface area (Å²) in [7, 11) is 0. The molecule has 10 nitrogen and oxygen atoms in total. The van der Waals surface area contributed by atoms with Crippen LogP contribution in [0.3, 0.4) is 0 Å². The number of imidazole rings is 2. The number of aliphatic hydroxyl groups is 1. The van der Waals surface area contributed by atoms with Crippen molar-refractivity contribution in [3.63, 3.8) is 0 Å². The maximum absolute atomic E-state index is 15.2. The van der Waals surface area contributed by atoms with Gasteiger partial charge in [0, 0.05) is 29.5 Å². The van der Waals surface area contributed by atoms with Gasteiger partial charge in [0.05, 0.1) is 23.1 Å². The topological polar surface area (TPSA) is 133 Å². The highest BCUT2D eigenvalue weighted by Gasteiger charge is 2.18. The van der Waals surface area contributed by atoms with E-state index in [4.69, 9.17) is 4.98 Å². The normalized spacial score (nSPS) is 12.4. The third-order valence-corrected chi connectivity index (χ3v) is 6.15. The average molecular weight is 498 g/mol. The molecule has 0 aliphatic heterocycles. The van der Waals surface area contributed by atoms with Crippen molar-refractivity contribution in [1.82, 2.24) is 39.7 Å². The number of hydrogen-bond donors (Lipinski definition) is 4. The molecule has 37 heavy (non-hydrogen) atoms. The Morgan fingerprint density at radius 2 is 2.03 bits per heavy atom. The molecule has 0 aliphatic rings. The molecule has 0 amide bonds. The minimum atomic E-state index is -0.680. The number of pyridine rings is 2. The average Bonchev–Trinajstić information content (AvgIpc) is 3.61. The van der Waals surface area contributed by atoms with Gasteiger partial charge >= 0.3 is 0 Å². The predicted molar refractivity (Wildman–Crippen MR) is 139 cm³/mol. The molecule has 0 saturated carbocycles. The number of halogens is 1. The summed E-state index contributed by atoms with van der Waals surface area (Å²) < 4.78 is 17.0. The van der Waals surface area contributed by atoms with Crippen molar-refractivity contribution in [2.75, 3.05) is 5.32 Å². The van der Waals surface area contributed by atoms with E-state index in [1.807, 2.05) is 42.8 Å². The Morgan fingerprint density at radius 3 is 2.84 bits per heavy atom. The number of aryl methyl sites for hydroxylation is 1. The van der Waals surface area contributed by atoms with E-state index in [2.05, 4.69) is 35.5 Å². The monoisotopic (exact) mass is 497 g/mol. The summed E-state index contributed by atoms with van der Waals surface area (Å²) in [4.78, 5) is 21.1. The highest BCUT2D eigenvalue weighted by atomic mass is 19.1. The minimum Gasteiger partial charge on any atom is -0.374 e. The van der Waals surface area contributed by atoms with Gasteiger partial charge in [-0.1, -0.05) is 13.3 Å². The maximum Gasteiger partial charge on any atom is 0.166 e. The lowest BCUT2D eigenvalue weighted by molar-refractivity contribution is 0.192. The first-order valence-corrected chi connectivity index (χ1v) is 11.9. The van der Waals surface area contributed by atoms with Crippen molar-refractivity contribution in [2.24, 2.45) is 0 Å². The van der Waals surface area contributed by atoms with Crippen LogP contribution >= 0.6 is 0 Å². The molecule has 0 aliphatic carbocycles. The van der Waals surface area contributed by atoms with E-state index in [1.165, 1.54) is 6.07 Å². The lowest BCUT2D eigenvalue weighted by atomic mass is 10.0. The summed E-state index contributed by atoms with van der Waals surface area (Å²) in [6, 6.07) is 6.95. The Labute approximate surface area is 210 Å². The second kappa shape index (κ2) is 9.10. The number of hydrogen-bond acceptors (Lipinski definition) is 7. The first-order chi connectivity index (χ1) is 18.0. The first-order valence-electron chi connectivity index (χ1n) is 11.9. The summed E-state index contributed by atoms with van der Waals surface area (Å²) in [6.45, 7) is 3.90. The van der Waals surface area contributed by atoms with Crippen molar-refractivity contribution >= 4 is 27.6 Å². The highest BCUT2D eigenvalue weighted by Crippen LogP contribution is 2.33. The molecule has 5 heterocycles. The van der Waals surface area contributed by atoms with Crippen LogP contribution in [-0.4, -0.2) is 51.0 Å². The number of nitrogens with zero attached hydrogens (tertiary/aromatic N) is 6. The van der Waals surface area contributed by atoms with Gasteiger partial charge in [-0.3, -0.25) is 14.6 Å². The largest absolute Gasteiger partial charge is 0.374 e. The molecule has 0 spiro atoms. The zero-order valence-corrected chi connectivity index (χ0v) is 20.2. The van der Waals surface area contributed by atoms with Crippen molar-refractivity contribution in [3.8, 4) is 28.5 Å². The third-order valence-electron chi connectivity index (χ3n) is 6.15. The molecular formula is C26H24FN9O. The number of aromatic amines is 2. The van der Waals surface area contributed by atoms with Gasteiger partial charge in [0.2, 0.25) is 0 Å². The molecule has 11 heteroatoms. The predicted octanol–water partition coefficient (Wildman–Crippen LogP) is 4.73. The second-order valence-electron chi connectivity index (χ2n) is 8.90. The molecule has 1 atom stereocenters. The molecule has 6 aromatic rings. The molecular weight excluding hydrogens is 473 g/mol. The van der Waals surface area contributed by atoms with E-state index < -0.39 is 12.0 Å². The van der Waals surface area contributed by atoms with E-state index in [0.29, 0.717) is 51.5 Å². The number of aromatic nitrogens is 8. The molecule has 6 rings (SSSR count). The third kappa shape index (κ3) is 4.19. The van der Waals surface area contributed by atoms with Crippen LogP contribution in [0.5, 0.6) is 0 Å². The molecule has 0 saturated heterocycles. The molecule has 0 fully saturated rings. The standard InChI is InChI=1S/C26H24FN9O/c1-3-4-21(37)31-17-7-16(10-28-11-17)15-8-18-22(19(27)9-15)34-35-23(18)25-32-20-5-6-29-26(24(20)33-25)36-12-14(2)30-13-36/h5-13,21,31,37H,3-4H2,1-2H3,(H,32,33)(H,34,35). The van der Waals surface area contributed by atoms with Crippen LogP contribution in [0.2, 0.25) is 0 Å². The van der Waals surface area contributed by atoms with E-state index >= 15 is 4.39 Å². The van der Waals surface area contributed by atoms with Crippen molar-refractivity contribution in [2.45, 2.75) is 32.9 Å². The van der Waals surface area contributed by atoms with Gasteiger partial charge in [0.15, 0.2) is 17.5 Å². The van der Waals surface area contributed by atoms with Gasteiger partial charge in [-0.15, -0.1) is 0 Å². The van der Waals surface area contributed by atoms with Crippen LogP contribution < -0.4 is 5.32 Å². The van der Waals surface area contributed by atoms with Crippen LogP contribution in [0.1, 0.15) is 25.5 Å². The quantitative estimate of drug-likeness (QED) is 0.234. The van der Waals surface area contributed by atoms with Crippen LogP contribution in [0, 0.1) is 12.7 Å². The van der Waals surface area contributed by atoms with Gasteiger partial charge in [0.1, 0.15) is 29.3 Å². The fourth-order valence-corrected chi connectivity index (χ4v) is 4.40. The number of nitrogens with one attached hydrogen (secondary N) is 3. The van der Waals surface area contributed by atoms with E-state index in [-0.39, 0.29) is 5.52 Å². The summed E-state index contributed by atoms with van der Waals surface area (Å²) in [5, 5.41) is 20.9. The van der Waals surface area contributed by atoms with Crippen LogP contribution in [0.15, 0.2) is 55.4 Å². The summed E-state index contributed by atoms with van der Waals surface area (Å²) in [6.07, 6.45) is 9.32. The summed E-state index contributed by atoms with van der Waals surface area (Å²) in [5.74, 6) is 0.681. The summed E-state index contributed by atoms with van der Waals surface area (Å²) in [5.41, 5.74) is 5.05. The fraction of sp³-hybridized carbons (Fsp3) is 0.192. The Balaban J connectivity index is 1.43. The minimum absolute atomic E-state index is 0.211. The fourth-order valence-electron chi connectivity index (χ4n) is 4.40. The van der Waals surface area contributed by atoms with Gasteiger partial charge < -0.3 is 15.4 Å². The van der Waals surface area contributed by atoms with Crippen molar-refractivity contribution in [3.05, 3.63) is 66.9 Å². The van der Waals surface area contributed by atoms with E-state index in [1.54, 1.807) is 24.9 Å². The van der Waals surface area contributed by atoms with Crippen LogP contribution in [0.4, 0.5) is 10.1 Å². The van der Waals surface area contributed by atoms with Crippen LogP contribution in [-0.2, 0) is 0 Å². The van der Waals surface area contributed by atoms with Crippen molar-refractivity contribution in [1.29, 1.82) is 0 Å². The smallest absolute Gasteiger partial charge is 0.166 e. The number of aliphatic hydroxyl groups excluding tert-OH is 1. The summed E-state index contributed by atoms with van der Waals surface area (Å²) >= 11 is 0. The number of benzene rings is 1. The zero-order valence-electron chi connectivity index (χ0n) is 20.2. The molecule has 1 aromatic carbocycles. The Kier molecular flexibility index (Phi) is 5.61. The zero-order chi connectivity index (χ0) is 25.5. The lowest BCUT2D eigenvalue weighted by Gasteiger charge is -2.13. The number of fused-ring (bicyclic) bond motifs is 2. The molecule has 0 bridgehead atoms. The number of anilines is 1. The second-order valence-corrected chi connectivity index (χ2v) is 8.90. The number of rotatable bonds is 7. The SMILES string of the molecule is CCCC(O)Nc1cncc(-c2cc(F)c3n[nH]c(-c4nc5c(-n6cnc(C)c6)nccc5[nH]4)c3c2)c1. The molecule has 5 aromatic heterocycles. The highest BCUT2D eigenvalue weighted by molar-refractivity contribution is 5.96. The lowest BCUT2D eigenvalue weighted by Crippen LogP contribution is -2.18. The van der Waals surface area contributed by atoms with Gasteiger partial charge in [-0.2, -0.15) is 5.10 Å². The van der Waals surface area contributed by atoms with Crippen LogP contribution in [0.25, 0.3) is 50.4 Å². The molecule has 0 radical (unpaired) electrons.